The fourth-order valence-electron chi connectivity index (χ4n) is 0.931. The molecule has 0 bridgehead atoms. The van der Waals surface area contributed by atoms with Crippen LogP contribution in [0, 0.1) is 23.0 Å². The summed E-state index contributed by atoms with van der Waals surface area (Å²) in [5.41, 5.74) is 9.26. The van der Waals surface area contributed by atoms with Crippen molar-refractivity contribution in [2.45, 2.75) is 0 Å². The van der Waals surface area contributed by atoms with Crippen molar-refractivity contribution in [3.63, 3.8) is 0 Å². The van der Waals surface area contributed by atoms with E-state index in [0.29, 0.717) is 0 Å². The monoisotopic (exact) mass is 223 g/mol. The second-order valence-electron chi connectivity index (χ2n) is 2.69. The van der Waals surface area contributed by atoms with Crippen LogP contribution in [0.4, 0.5) is 8.78 Å². The van der Waals surface area contributed by atoms with E-state index in [9.17, 15) is 8.78 Å². The molecule has 0 saturated heterocycles. The van der Waals surface area contributed by atoms with Crippen LogP contribution in [0.1, 0.15) is 5.56 Å². The van der Waals surface area contributed by atoms with Crippen LogP contribution in [0.25, 0.3) is 0 Å². The highest BCUT2D eigenvalue weighted by atomic mass is 19.2. The number of hydrogen-bond acceptors (Lipinski definition) is 3. The summed E-state index contributed by atoms with van der Waals surface area (Å²) in [7, 11) is 0. The van der Waals surface area contributed by atoms with Crippen LogP contribution in [0.5, 0.6) is 0 Å². The third kappa shape index (κ3) is 2.51. The van der Waals surface area contributed by atoms with Crippen molar-refractivity contribution in [3.05, 3.63) is 35.4 Å². The van der Waals surface area contributed by atoms with E-state index >= 15 is 0 Å². The van der Waals surface area contributed by atoms with E-state index in [1.54, 1.807) is 6.07 Å². The minimum absolute atomic E-state index is 0.299. The molecule has 82 valence electrons. The second-order valence-corrected chi connectivity index (χ2v) is 2.69. The molecule has 7 heteroatoms. The third-order valence-electron chi connectivity index (χ3n) is 1.58. The highest BCUT2D eigenvalue weighted by Gasteiger charge is 2.12. The van der Waals surface area contributed by atoms with Crippen LogP contribution in [0.3, 0.4) is 0 Å². The zero-order chi connectivity index (χ0) is 12.1. The Labute approximate surface area is 89.7 Å². The molecule has 0 fully saturated rings. The maximum atomic E-state index is 13.2. The summed E-state index contributed by atoms with van der Waals surface area (Å²) in [6.07, 6.45) is 0. The Balaban J connectivity index is 3.26. The molecule has 0 aliphatic carbocycles. The fraction of sp³-hybridized carbons (Fsp3) is 0. The lowest BCUT2D eigenvalue weighted by atomic mass is 10.1. The van der Waals surface area contributed by atoms with Crippen LogP contribution in [0.15, 0.2) is 28.4 Å². The molecule has 5 nitrogen and oxygen atoms in total. The Morgan fingerprint density at radius 1 is 1.25 bits per heavy atom. The standard InChI is InChI=1S/C9H7F2N5/c10-6-3-1-2-5(8(6)11)7(4-12)15-16-9(13)14/h1-3H,(H4,13,14,16). The average Bonchev–Trinajstić information content (AvgIpc) is 2.24. The lowest BCUT2D eigenvalue weighted by Gasteiger charge is -1.99. The van der Waals surface area contributed by atoms with Gasteiger partial charge < -0.3 is 11.5 Å². The van der Waals surface area contributed by atoms with E-state index in [-0.39, 0.29) is 11.5 Å². The summed E-state index contributed by atoms with van der Waals surface area (Å²) in [6, 6.07) is 4.94. The lowest BCUT2D eigenvalue weighted by molar-refractivity contribution is 0.507. The number of nitrogens with zero attached hydrogens (tertiary/aromatic N) is 3. The number of halogens is 2. The van der Waals surface area contributed by atoms with Gasteiger partial charge in [0, 0.05) is 0 Å². The van der Waals surface area contributed by atoms with Crippen LogP contribution in [-0.2, 0) is 0 Å². The van der Waals surface area contributed by atoms with Crippen molar-refractivity contribution in [2.24, 2.45) is 21.7 Å². The molecule has 0 saturated carbocycles. The molecule has 0 unspecified atom stereocenters. The third-order valence-corrected chi connectivity index (χ3v) is 1.58. The summed E-state index contributed by atoms with van der Waals surface area (Å²) in [5.74, 6) is -2.64. The maximum Gasteiger partial charge on any atom is 0.211 e. The van der Waals surface area contributed by atoms with E-state index in [1.807, 2.05) is 0 Å². The Morgan fingerprint density at radius 3 is 2.50 bits per heavy atom. The fourth-order valence-corrected chi connectivity index (χ4v) is 0.931. The molecule has 0 spiro atoms. The molecule has 0 radical (unpaired) electrons. The average molecular weight is 223 g/mol. The summed E-state index contributed by atoms with van der Waals surface area (Å²) in [5, 5.41) is 15.2. The van der Waals surface area contributed by atoms with Gasteiger partial charge in [0.25, 0.3) is 0 Å². The molecule has 0 heterocycles. The molecule has 0 aromatic heterocycles. The van der Waals surface area contributed by atoms with Gasteiger partial charge in [0.2, 0.25) is 5.96 Å². The Kier molecular flexibility index (Phi) is 3.50. The van der Waals surface area contributed by atoms with E-state index in [1.165, 1.54) is 12.1 Å². The number of benzene rings is 1. The first-order valence-corrected chi connectivity index (χ1v) is 4.07. The van der Waals surface area contributed by atoms with Gasteiger partial charge in [-0.2, -0.15) is 5.26 Å². The Bertz CT molecular complexity index is 497. The zero-order valence-corrected chi connectivity index (χ0v) is 7.98. The molecule has 0 amide bonds. The smallest absolute Gasteiger partial charge is 0.211 e. The summed E-state index contributed by atoms with van der Waals surface area (Å²) >= 11 is 0. The van der Waals surface area contributed by atoms with E-state index in [2.05, 4.69) is 10.2 Å². The molecule has 0 atom stereocenters. The topological polar surface area (TPSA) is 101 Å². The number of rotatable bonds is 2. The second kappa shape index (κ2) is 4.84. The molecule has 1 aromatic rings. The predicted octanol–water partition coefficient (Wildman–Crippen LogP) is 0.466. The molecular weight excluding hydrogens is 216 g/mol. The van der Waals surface area contributed by atoms with Gasteiger partial charge >= 0.3 is 0 Å². The maximum absolute atomic E-state index is 13.2. The van der Waals surface area contributed by atoms with Crippen LogP contribution >= 0.6 is 0 Å². The van der Waals surface area contributed by atoms with Gasteiger partial charge in [-0.1, -0.05) is 6.07 Å². The van der Waals surface area contributed by atoms with Gasteiger partial charge in [0.15, 0.2) is 17.3 Å². The van der Waals surface area contributed by atoms with Crippen LogP contribution in [0.2, 0.25) is 0 Å². The van der Waals surface area contributed by atoms with E-state index in [0.717, 1.165) is 6.07 Å². The van der Waals surface area contributed by atoms with E-state index < -0.39 is 17.3 Å². The molecule has 0 aliphatic rings. The minimum atomic E-state index is -1.17. The molecule has 0 aliphatic heterocycles. The lowest BCUT2D eigenvalue weighted by Crippen LogP contribution is -2.22. The van der Waals surface area contributed by atoms with Gasteiger partial charge in [0.1, 0.15) is 6.07 Å². The number of hydrogen-bond donors (Lipinski definition) is 2. The Hall–Kier alpha value is -2.49. The summed E-state index contributed by atoms with van der Waals surface area (Å²) in [4.78, 5) is 0. The van der Waals surface area contributed by atoms with Gasteiger partial charge in [-0.05, 0) is 12.1 Å². The summed E-state index contributed by atoms with van der Waals surface area (Å²) in [6.45, 7) is 0. The first-order valence-electron chi connectivity index (χ1n) is 4.07. The van der Waals surface area contributed by atoms with Gasteiger partial charge in [-0.15, -0.1) is 10.2 Å². The molecular formula is C9H7F2N5. The predicted molar refractivity (Wildman–Crippen MR) is 54.3 cm³/mol. The highest BCUT2D eigenvalue weighted by Crippen LogP contribution is 2.12. The van der Waals surface area contributed by atoms with Crippen LogP contribution in [-0.4, -0.2) is 11.7 Å². The highest BCUT2D eigenvalue weighted by molar-refractivity contribution is 6.11. The van der Waals surface area contributed by atoms with Gasteiger partial charge in [-0.3, -0.25) is 0 Å². The van der Waals surface area contributed by atoms with Crippen LogP contribution < -0.4 is 11.5 Å². The Morgan fingerprint density at radius 2 is 1.94 bits per heavy atom. The van der Waals surface area contributed by atoms with Crippen molar-refractivity contribution in [1.29, 1.82) is 5.26 Å². The van der Waals surface area contributed by atoms with Crippen molar-refractivity contribution in [2.75, 3.05) is 0 Å². The normalized spacial score (nSPS) is 10.7. The first-order chi connectivity index (χ1) is 7.56. The largest absolute Gasteiger partial charge is 0.369 e. The SMILES string of the molecule is N#CC(=NN=C(N)N)c1cccc(F)c1F. The molecule has 1 aromatic carbocycles. The molecule has 4 N–H and O–H groups in total. The minimum Gasteiger partial charge on any atom is -0.369 e. The van der Waals surface area contributed by atoms with E-state index in [4.69, 9.17) is 16.7 Å². The van der Waals surface area contributed by atoms with Crippen molar-refractivity contribution < 1.29 is 8.78 Å². The summed E-state index contributed by atoms with van der Waals surface area (Å²) < 4.78 is 26.1. The van der Waals surface area contributed by atoms with Gasteiger partial charge in [0.05, 0.1) is 5.56 Å². The first kappa shape index (κ1) is 11.6. The quantitative estimate of drug-likeness (QED) is 0.432. The van der Waals surface area contributed by atoms with Gasteiger partial charge in [-0.25, -0.2) is 8.78 Å². The molecule has 16 heavy (non-hydrogen) atoms. The van der Waals surface area contributed by atoms with Crippen molar-refractivity contribution >= 4 is 11.7 Å². The number of guanidine groups is 1. The number of nitrogens with two attached hydrogens (primary N) is 2. The zero-order valence-electron chi connectivity index (χ0n) is 7.98. The van der Waals surface area contributed by atoms with Crippen molar-refractivity contribution in [3.8, 4) is 6.07 Å². The number of nitriles is 1. The molecule has 1 rings (SSSR count). The van der Waals surface area contributed by atoms with Crippen molar-refractivity contribution in [1.82, 2.24) is 0 Å².